The lowest BCUT2D eigenvalue weighted by Crippen LogP contribution is -2.14. The maximum Gasteiger partial charge on any atom is 0.159 e. The van der Waals surface area contributed by atoms with Crippen LogP contribution in [-0.2, 0) is 0 Å². The van der Waals surface area contributed by atoms with Gasteiger partial charge in [-0.2, -0.15) is 0 Å². The first-order valence-electron chi connectivity index (χ1n) is 53.8. The molecule has 2 saturated carbocycles. The predicted molar refractivity (Wildman–Crippen MR) is 625 cm³/mol. The fraction of sp³-hybridized carbons (Fsp3) is 0.171. The molecule has 718 valence electrons. The van der Waals surface area contributed by atoms with Gasteiger partial charge in [0.25, 0.3) is 0 Å². The summed E-state index contributed by atoms with van der Waals surface area (Å²) in [6.07, 6.45) is 13.9. The van der Waals surface area contributed by atoms with Crippen molar-refractivity contribution in [1.29, 1.82) is 0 Å². The molecule has 28 rings (SSSR count). The standard InChI is InChI=1S/C140H114N4O4/c1-85(2)117-81-125(141(93-47-23-11-24-48-93)121-67-35-63-109-105-59-31-55-97(133(105)145-137(109)121)89-39-15-7-16-40-89)113-79-75-103-119(83-127(115-77-73-101(117)129(113)131(103)115)143(95-51-27-13-28-52-95)123-69-37-65-111-107-61-33-57-99(135(107)147-139(111)123)91-43-19-9-20-44-91)87(5)71-72-88(6)120-84-128(144(96-53-29-14-30-54-96)124-70-38-66-112-108-62-34-58-100(136(108)148-140(112)124)92-45-21-10-22-46-92)116-78-74-102-118(86(3)4)82-126(114-80-76-104(120)132(116)130(102)114)142(94-49-25-12-26-50-94)122-68-36-64-110-106-60-32-56-98(134(106)146-138(110)122)90-41-17-8-18-42-90/h7,9,11-16,19-20,23-40,43-44,47-70,73-88,90,92H,8,10,17-18,21-22,41-42,45-46,71-72H2,1-6H3. The number of hydrogen-bond donors (Lipinski definition) is 0. The first-order valence-corrected chi connectivity index (χ1v) is 53.8. The molecule has 0 spiro atoms. The van der Waals surface area contributed by atoms with E-state index in [0.717, 1.165) is 191 Å². The summed E-state index contributed by atoms with van der Waals surface area (Å²) >= 11 is 0. The summed E-state index contributed by atoms with van der Waals surface area (Å²) < 4.78 is 30.3. The Labute approximate surface area is 862 Å². The summed E-state index contributed by atoms with van der Waals surface area (Å²) in [6.45, 7) is 14.6. The van der Waals surface area contributed by atoms with E-state index in [4.69, 9.17) is 17.7 Å². The fourth-order valence-corrected chi connectivity index (χ4v) is 26.4. The van der Waals surface area contributed by atoms with Gasteiger partial charge in [0.15, 0.2) is 22.3 Å². The second-order valence-electron chi connectivity index (χ2n) is 42.7. The number of anilines is 12. The maximum absolute atomic E-state index is 7.69. The minimum atomic E-state index is -0.00502. The van der Waals surface area contributed by atoms with E-state index in [1.807, 2.05) is 0 Å². The third-order valence-electron chi connectivity index (χ3n) is 33.5. The minimum Gasteiger partial charge on any atom is -0.454 e. The molecule has 148 heavy (non-hydrogen) atoms. The fourth-order valence-electron chi connectivity index (χ4n) is 26.4. The van der Waals surface area contributed by atoms with Crippen LogP contribution >= 0.6 is 0 Å². The highest BCUT2D eigenvalue weighted by Gasteiger charge is 2.36. The van der Waals surface area contributed by atoms with Gasteiger partial charge in [-0.15, -0.1) is 0 Å². The summed E-state index contributed by atoms with van der Waals surface area (Å²) in [7, 11) is 0. The van der Waals surface area contributed by atoms with Crippen LogP contribution in [0.3, 0.4) is 0 Å². The third kappa shape index (κ3) is 14.4. The molecule has 22 aromatic carbocycles. The van der Waals surface area contributed by atoms with Gasteiger partial charge in [-0.05, 0) is 259 Å². The summed E-state index contributed by atoms with van der Waals surface area (Å²) in [6, 6.07) is 150. The van der Waals surface area contributed by atoms with Crippen molar-refractivity contribution in [2.24, 2.45) is 0 Å². The molecule has 8 nitrogen and oxygen atoms in total. The lowest BCUT2D eigenvalue weighted by molar-refractivity contribution is 0.442. The number of furan rings is 4. The Morgan fingerprint density at radius 3 is 0.730 bits per heavy atom. The average molecular weight is 1920 g/mol. The predicted octanol–water partition coefficient (Wildman–Crippen LogP) is 42.3. The van der Waals surface area contributed by atoms with Crippen LogP contribution in [0, 0.1) is 0 Å². The van der Waals surface area contributed by atoms with Crippen LogP contribution in [0.25, 0.3) is 175 Å². The first kappa shape index (κ1) is 89.0. The molecule has 26 aromatic rings. The summed E-state index contributed by atoms with van der Waals surface area (Å²) in [5.74, 6) is 1.15. The molecule has 0 radical (unpaired) electrons. The second-order valence-corrected chi connectivity index (χ2v) is 42.7. The molecule has 4 aromatic heterocycles. The van der Waals surface area contributed by atoms with E-state index >= 15 is 0 Å². The van der Waals surface area contributed by atoms with Crippen LogP contribution < -0.4 is 19.6 Å². The first-order chi connectivity index (χ1) is 73.0. The quantitative estimate of drug-likeness (QED) is 0.0587. The van der Waals surface area contributed by atoms with E-state index in [1.165, 1.54) is 162 Å². The number of nitrogens with zero attached hydrogens (tertiary/aromatic N) is 4. The Morgan fingerprint density at radius 1 is 0.203 bits per heavy atom. The van der Waals surface area contributed by atoms with Crippen molar-refractivity contribution >= 4 is 221 Å². The van der Waals surface area contributed by atoms with Gasteiger partial charge in [0.1, 0.15) is 22.3 Å². The van der Waals surface area contributed by atoms with Gasteiger partial charge < -0.3 is 37.3 Å². The van der Waals surface area contributed by atoms with E-state index in [0.29, 0.717) is 11.8 Å². The number of hydrogen-bond acceptors (Lipinski definition) is 8. The minimum absolute atomic E-state index is 0.00489. The zero-order chi connectivity index (χ0) is 98.6. The molecule has 2 atom stereocenters. The molecule has 2 fully saturated rings. The van der Waals surface area contributed by atoms with Crippen molar-refractivity contribution < 1.29 is 17.7 Å². The van der Waals surface area contributed by atoms with Crippen molar-refractivity contribution in [3.05, 3.63) is 434 Å². The molecule has 2 unspecified atom stereocenters. The van der Waals surface area contributed by atoms with E-state index < -0.39 is 0 Å². The van der Waals surface area contributed by atoms with Crippen LogP contribution in [0.5, 0.6) is 0 Å². The maximum atomic E-state index is 7.69. The Bertz CT molecular complexity index is 9620. The van der Waals surface area contributed by atoms with Crippen LogP contribution in [0.2, 0.25) is 0 Å². The third-order valence-corrected chi connectivity index (χ3v) is 33.5. The molecule has 0 N–H and O–H groups in total. The Morgan fingerprint density at radius 2 is 0.439 bits per heavy atom. The smallest absolute Gasteiger partial charge is 0.159 e. The van der Waals surface area contributed by atoms with Crippen LogP contribution in [0.4, 0.5) is 68.2 Å². The monoisotopic (exact) mass is 1910 g/mol. The van der Waals surface area contributed by atoms with E-state index in [9.17, 15) is 0 Å². The van der Waals surface area contributed by atoms with Crippen LogP contribution in [-0.4, -0.2) is 0 Å². The Hall–Kier alpha value is -16.7. The average Bonchev–Trinajstić information content (AvgIpc) is 0.763. The zero-order valence-electron chi connectivity index (χ0n) is 84.5. The summed E-state index contributed by atoms with van der Waals surface area (Å²) in [5, 5.41) is 23.4. The summed E-state index contributed by atoms with van der Waals surface area (Å²) in [5.41, 5.74) is 31.8. The van der Waals surface area contributed by atoms with Crippen LogP contribution in [0.1, 0.15) is 187 Å². The van der Waals surface area contributed by atoms with Crippen molar-refractivity contribution in [1.82, 2.24) is 0 Å². The van der Waals surface area contributed by atoms with Gasteiger partial charge in [-0.1, -0.05) is 383 Å². The molecular formula is C140H114N4O4. The van der Waals surface area contributed by atoms with Crippen molar-refractivity contribution in [2.45, 2.75) is 154 Å². The second kappa shape index (κ2) is 36.2. The van der Waals surface area contributed by atoms with Gasteiger partial charge in [0, 0.05) is 98.5 Å². The van der Waals surface area contributed by atoms with Gasteiger partial charge in [0.05, 0.1) is 45.5 Å². The number of benzene rings is 22. The lowest BCUT2D eigenvalue weighted by atomic mass is 9.80. The zero-order valence-corrected chi connectivity index (χ0v) is 84.5. The highest BCUT2D eigenvalue weighted by molar-refractivity contribution is 6.33. The number of fused-ring (bicyclic) bond motifs is 12. The molecule has 0 amide bonds. The summed E-state index contributed by atoms with van der Waals surface area (Å²) in [4.78, 5) is 10.1. The molecule has 8 heteroatoms. The van der Waals surface area contributed by atoms with Crippen molar-refractivity contribution in [2.75, 3.05) is 19.6 Å². The van der Waals surface area contributed by atoms with Crippen LogP contribution in [0.15, 0.2) is 418 Å². The van der Waals surface area contributed by atoms with E-state index in [2.05, 4.69) is 462 Å². The normalized spacial score (nSPS) is 14.1. The van der Waals surface area contributed by atoms with E-state index in [1.54, 1.807) is 0 Å². The van der Waals surface area contributed by atoms with Gasteiger partial charge in [-0.25, -0.2) is 0 Å². The molecule has 0 saturated heterocycles. The topological polar surface area (TPSA) is 65.5 Å². The van der Waals surface area contributed by atoms with E-state index in [-0.39, 0.29) is 23.7 Å². The highest BCUT2D eigenvalue weighted by atomic mass is 16.3. The van der Waals surface area contributed by atoms with Crippen molar-refractivity contribution in [3.8, 4) is 22.3 Å². The number of rotatable bonds is 23. The molecule has 4 heterocycles. The lowest BCUT2D eigenvalue weighted by Gasteiger charge is -2.32. The highest BCUT2D eigenvalue weighted by Crippen LogP contribution is 2.60. The largest absolute Gasteiger partial charge is 0.454 e. The molecule has 0 bridgehead atoms. The SMILES string of the molecule is CC(C)c1cc(N(c2ccccc2)c2cccc3c2oc2c(-c4ccccc4)cccc23)c2ccc3c(C(C)CCC(C)c4cc(N(c5ccccc5)c5cccc6c5oc5c(C7CCCCC7)cccc56)c5ccc6c(C(C)C)cc(N(c7ccccc7)c7cccc8c7oc7c(C9CCCCC9)cccc78)c7ccc4c5c67)cc(N(c4ccccc4)c4cccc5c4oc4c(-c6ccccc6)cccc45)c4ccc1c2c34. The number of para-hydroxylation sites is 12. The van der Waals surface area contributed by atoms with Crippen molar-refractivity contribution in [3.63, 3.8) is 0 Å². The molecule has 2 aliphatic rings. The molecule has 2 aliphatic carbocycles. The van der Waals surface area contributed by atoms with Gasteiger partial charge in [-0.3, -0.25) is 0 Å². The van der Waals surface area contributed by atoms with Gasteiger partial charge >= 0.3 is 0 Å². The van der Waals surface area contributed by atoms with Gasteiger partial charge in [0.2, 0.25) is 0 Å². The molecule has 0 aliphatic heterocycles. The Kier molecular flexibility index (Phi) is 21.8. The molecular weight excluding hydrogens is 1800 g/mol. The Balaban J connectivity index is 0.670.